The molecule has 20 heavy (non-hydrogen) atoms. The van der Waals surface area contributed by atoms with Gasteiger partial charge in [0.25, 0.3) is 0 Å². The fraction of sp³-hybridized carbons (Fsp3) is 0.200. The van der Waals surface area contributed by atoms with Crippen molar-refractivity contribution in [2.75, 3.05) is 5.32 Å². The lowest BCUT2D eigenvalue weighted by Crippen LogP contribution is -2.04. The minimum Gasteiger partial charge on any atom is -0.381 e. The van der Waals surface area contributed by atoms with E-state index in [1.807, 2.05) is 32.0 Å². The van der Waals surface area contributed by atoms with E-state index >= 15 is 0 Å². The molecule has 0 amide bonds. The molecule has 0 radical (unpaired) electrons. The number of nitro benzene ring substituents is 1. The maximum absolute atomic E-state index is 13.2. The molecule has 4 nitrogen and oxygen atoms in total. The number of nitrogens with one attached hydrogen (secondary N) is 1. The van der Waals surface area contributed by atoms with E-state index in [4.69, 9.17) is 0 Å². The first-order valence-corrected chi connectivity index (χ1v) is 6.22. The monoisotopic (exact) mass is 274 g/mol. The highest BCUT2D eigenvalue weighted by Gasteiger charge is 2.14. The lowest BCUT2D eigenvalue weighted by Gasteiger charge is -2.12. The van der Waals surface area contributed by atoms with Crippen molar-refractivity contribution in [3.8, 4) is 0 Å². The van der Waals surface area contributed by atoms with Crippen molar-refractivity contribution in [2.24, 2.45) is 0 Å². The third-order valence-electron chi connectivity index (χ3n) is 3.26. The molecule has 0 saturated carbocycles. The van der Waals surface area contributed by atoms with Crippen LogP contribution in [0.1, 0.15) is 16.7 Å². The van der Waals surface area contributed by atoms with Gasteiger partial charge in [-0.1, -0.05) is 18.2 Å². The average Bonchev–Trinajstić information content (AvgIpc) is 2.39. The number of nitro groups is 1. The molecule has 0 saturated heterocycles. The lowest BCUT2D eigenvalue weighted by atomic mass is 10.0. The van der Waals surface area contributed by atoms with Gasteiger partial charge in [0.1, 0.15) is 0 Å². The molecule has 0 unspecified atom stereocenters. The molecular weight excluding hydrogens is 259 g/mol. The summed E-state index contributed by atoms with van der Waals surface area (Å²) in [5.74, 6) is -0.826. The van der Waals surface area contributed by atoms with E-state index in [0.717, 1.165) is 22.8 Å². The van der Waals surface area contributed by atoms with E-state index in [0.29, 0.717) is 12.2 Å². The zero-order valence-electron chi connectivity index (χ0n) is 11.3. The van der Waals surface area contributed by atoms with Crippen LogP contribution in [0.4, 0.5) is 15.8 Å². The van der Waals surface area contributed by atoms with Gasteiger partial charge in [-0.3, -0.25) is 10.1 Å². The number of anilines is 1. The van der Waals surface area contributed by atoms with Crippen LogP contribution >= 0.6 is 0 Å². The number of hydrogen-bond donors (Lipinski definition) is 1. The maximum Gasteiger partial charge on any atom is 0.306 e. The van der Waals surface area contributed by atoms with Gasteiger partial charge in [0.05, 0.1) is 4.92 Å². The Morgan fingerprint density at radius 3 is 2.45 bits per heavy atom. The largest absolute Gasteiger partial charge is 0.381 e. The van der Waals surface area contributed by atoms with Crippen molar-refractivity contribution in [2.45, 2.75) is 20.4 Å². The van der Waals surface area contributed by atoms with E-state index in [2.05, 4.69) is 5.32 Å². The highest BCUT2D eigenvalue weighted by Crippen LogP contribution is 2.23. The number of halogens is 1. The zero-order valence-corrected chi connectivity index (χ0v) is 11.3. The van der Waals surface area contributed by atoms with Crippen molar-refractivity contribution in [3.63, 3.8) is 0 Å². The maximum atomic E-state index is 13.2. The Balaban J connectivity index is 2.19. The number of aryl methyl sites for hydroxylation is 2. The normalized spacial score (nSPS) is 10.3. The van der Waals surface area contributed by atoms with Gasteiger partial charge in [-0.25, -0.2) is 0 Å². The predicted octanol–water partition coefficient (Wildman–Crippen LogP) is 3.96. The lowest BCUT2D eigenvalue weighted by molar-refractivity contribution is -0.387. The van der Waals surface area contributed by atoms with Crippen molar-refractivity contribution in [1.29, 1.82) is 0 Å². The van der Waals surface area contributed by atoms with Gasteiger partial charge in [-0.2, -0.15) is 4.39 Å². The third kappa shape index (κ3) is 2.93. The summed E-state index contributed by atoms with van der Waals surface area (Å²) in [5.41, 5.74) is 3.44. The third-order valence-corrected chi connectivity index (χ3v) is 3.26. The minimum absolute atomic E-state index is 0.517. The molecule has 5 heteroatoms. The number of benzene rings is 2. The molecule has 2 aromatic rings. The van der Waals surface area contributed by atoms with Crippen LogP contribution < -0.4 is 5.32 Å². The van der Waals surface area contributed by atoms with Crippen LogP contribution in [0.15, 0.2) is 36.4 Å². The Bertz CT molecular complexity index is 636. The quantitative estimate of drug-likeness (QED) is 0.678. The smallest absolute Gasteiger partial charge is 0.306 e. The van der Waals surface area contributed by atoms with Crippen molar-refractivity contribution >= 4 is 11.4 Å². The number of nitrogens with zero attached hydrogens (tertiary/aromatic N) is 1. The Morgan fingerprint density at radius 1 is 1.20 bits per heavy atom. The molecular formula is C15H15FN2O2. The topological polar surface area (TPSA) is 55.2 Å². The first-order valence-electron chi connectivity index (χ1n) is 6.22. The summed E-state index contributed by atoms with van der Waals surface area (Å²) in [5, 5.41) is 13.8. The van der Waals surface area contributed by atoms with Crippen molar-refractivity contribution in [3.05, 3.63) is 69.0 Å². The van der Waals surface area contributed by atoms with E-state index in [-0.39, 0.29) is 0 Å². The molecule has 0 fully saturated rings. The van der Waals surface area contributed by atoms with Gasteiger partial charge < -0.3 is 5.32 Å². The van der Waals surface area contributed by atoms with E-state index in [1.54, 1.807) is 0 Å². The molecule has 0 heterocycles. The van der Waals surface area contributed by atoms with Crippen LogP contribution in [0.3, 0.4) is 0 Å². The Kier molecular flexibility index (Phi) is 3.98. The van der Waals surface area contributed by atoms with Gasteiger partial charge in [-0.15, -0.1) is 0 Å². The Morgan fingerprint density at radius 2 is 1.85 bits per heavy atom. The van der Waals surface area contributed by atoms with Gasteiger partial charge in [0.2, 0.25) is 5.82 Å². The van der Waals surface area contributed by atoms with Crippen molar-refractivity contribution in [1.82, 2.24) is 0 Å². The van der Waals surface area contributed by atoms with Crippen LogP contribution in [0.2, 0.25) is 0 Å². The highest BCUT2D eigenvalue weighted by atomic mass is 19.1. The number of hydrogen-bond acceptors (Lipinski definition) is 3. The molecule has 0 spiro atoms. The molecule has 2 aromatic carbocycles. The van der Waals surface area contributed by atoms with Gasteiger partial charge in [0.15, 0.2) is 0 Å². The molecule has 0 bridgehead atoms. The fourth-order valence-electron chi connectivity index (χ4n) is 2.08. The second-order valence-corrected chi connectivity index (χ2v) is 4.65. The molecule has 1 N–H and O–H groups in total. The van der Waals surface area contributed by atoms with E-state index in [9.17, 15) is 14.5 Å². The average molecular weight is 274 g/mol. The second kappa shape index (κ2) is 5.69. The Labute approximate surface area is 116 Å². The van der Waals surface area contributed by atoms with Gasteiger partial charge >= 0.3 is 5.69 Å². The van der Waals surface area contributed by atoms with Crippen LogP contribution in [-0.4, -0.2) is 4.92 Å². The molecule has 0 aliphatic carbocycles. The second-order valence-electron chi connectivity index (χ2n) is 4.65. The van der Waals surface area contributed by atoms with E-state index in [1.165, 1.54) is 12.1 Å². The molecule has 0 aliphatic rings. The highest BCUT2D eigenvalue weighted by molar-refractivity contribution is 5.52. The number of rotatable bonds is 4. The van der Waals surface area contributed by atoms with E-state index < -0.39 is 16.4 Å². The summed E-state index contributed by atoms with van der Waals surface area (Å²) >= 11 is 0. The summed E-state index contributed by atoms with van der Waals surface area (Å²) in [6, 6.07) is 9.81. The van der Waals surface area contributed by atoms with Crippen LogP contribution in [0.5, 0.6) is 0 Å². The van der Waals surface area contributed by atoms with Crippen LogP contribution in [0.25, 0.3) is 0 Å². The predicted molar refractivity (Wildman–Crippen MR) is 76.3 cm³/mol. The minimum atomic E-state index is -0.826. The zero-order chi connectivity index (χ0) is 14.7. The summed E-state index contributed by atoms with van der Waals surface area (Å²) in [6.45, 7) is 4.57. The van der Waals surface area contributed by atoms with Crippen LogP contribution in [0, 0.1) is 29.8 Å². The molecule has 0 aliphatic heterocycles. The van der Waals surface area contributed by atoms with Crippen LogP contribution in [-0.2, 0) is 6.54 Å². The fourth-order valence-corrected chi connectivity index (χ4v) is 2.08. The van der Waals surface area contributed by atoms with Gasteiger partial charge in [-0.05, 0) is 42.7 Å². The SMILES string of the molecule is Cc1cccc(C)c1CNc1ccc(F)c([N+](=O)[O-])c1. The summed E-state index contributed by atoms with van der Waals surface area (Å²) in [7, 11) is 0. The first kappa shape index (κ1) is 14.0. The van der Waals surface area contributed by atoms with Crippen molar-refractivity contribution < 1.29 is 9.31 Å². The standard InChI is InChI=1S/C15H15FN2O2/c1-10-4-3-5-11(2)13(10)9-17-12-6-7-14(16)15(8-12)18(19)20/h3-8,17H,9H2,1-2H3. The van der Waals surface area contributed by atoms with Gasteiger partial charge in [0, 0.05) is 18.3 Å². The first-order chi connectivity index (χ1) is 9.49. The summed E-state index contributed by atoms with van der Waals surface area (Å²) < 4.78 is 13.2. The molecule has 0 atom stereocenters. The molecule has 0 aromatic heterocycles. The molecule has 2 rings (SSSR count). The molecule has 104 valence electrons. The summed E-state index contributed by atoms with van der Waals surface area (Å²) in [4.78, 5) is 9.97. The Hall–Kier alpha value is -2.43. The summed E-state index contributed by atoms with van der Waals surface area (Å²) in [6.07, 6.45) is 0.